The number of fused-ring (bicyclic) bond motifs is 1. The highest BCUT2D eigenvalue weighted by Crippen LogP contribution is 2.31. The minimum Gasteiger partial charge on any atom is -0.507 e. The number of imidazole rings is 1. The van der Waals surface area contributed by atoms with E-state index < -0.39 is 30.1 Å². The lowest BCUT2D eigenvalue weighted by Gasteiger charge is -2.20. The predicted octanol–water partition coefficient (Wildman–Crippen LogP) is 2.51. The topological polar surface area (TPSA) is 154 Å². The second-order valence-corrected chi connectivity index (χ2v) is 9.06. The quantitative estimate of drug-likeness (QED) is 0.265. The second-order valence-electron chi connectivity index (χ2n) is 9.06. The van der Waals surface area contributed by atoms with Crippen LogP contribution in [0.25, 0.3) is 6.08 Å². The Balaban J connectivity index is 1.68. The summed E-state index contributed by atoms with van der Waals surface area (Å²) < 4.78 is 11.3. The maximum absolute atomic E-state index is 12.9. The second kappa shape index (κ2) is 13.7. The number of rotatable bonds is 8. The molecule has 0 aliphatic carbocycles. The standard InChI is InChI=1S/C27H35N3O7/c1-17-8-9-22(32)26(34)21(31)7-5-6-19-14-20(15-23(33)25(19)27(35)37-18(17)2)36-13-4-3-10-28-16-24-29-11-12-30-24/h5-6,8-9,11-12,14-15,17-18,21,26,28,31,33-34H,3-4,7,10,13,16H2,1-2H3,(H,29,30)/b6-5+,9-8-/t17-,18+,21+,26+/m1/s1. The van der Waals surface area contributed by atoms with Gasteiger partial charge in [-0.15, -0.1) is 0 Å². The number of carbonyl (C=O) groups excluding carboxylic acids is 2. The predicted molar refractivity (Wildman–Crippen MR) is 137 cm³/mol. The molecule has 0 spiro atoms. The normalized spacial score (nSPS) is 24.5. The average Bonchev–Trinajstić information content (AvgIpc) is 3.38. The van der Waals surface area contributed by atoms with Gasteiger partial charge in [0.15, 0.2) is 5.78 Å². The number of aliphatic hydroxyl groups excluding tert-OH is 2. The molecule has 3 rings (SSSR count). The van der Waals surface area contributed by atoms with E-state index in [9.17, 15) is 24.9 Å². The summed E-state index contributed by atoms with van der Waals surface area (Å²) in [6.45, 7) is 5.27. The van der Waals surface area contributed by atoms with Crippen LogP contribution in [0.4, 0.5) is 0 Å². The maximum Gasteiger partial charge on any atom is 0.342 e. The number of aromatic hydroxyl groups is 1. The van der Waals surface area contributed by atoms with Gasteiger partial charge in [0.25, 0.3) is 0 Å². The van der Waals surface area contributed by atoms with Gasteiger partial charge < -0.3 is 35.1 Å². The molecule has 1 aromatic carbocycles. The third kappa shape index (κ3) is 8.28. The Hall–Kier alpha value is -3.47. The van der Waals surface area contributed by atoms with Crippen LogP contribution in [0.5, 0.6) is 11.5 Å². The molecule has 200 valence electrons. The highest BCUT2D eigenvalue weighted by atomic mass is 16.5. The van der Waals surface area contributed by atoms with Crippen molar-refractivity contribution in [3.63, 3.8) is 0 Å². The molecule has 2 heterocycles. The fraction of sp³-hybridized carbons (Fsp3) is 0.444. The molecule has 1 aromatic heterocycles. The van der Waals surface area contributed by atoms with E-state index in [4.69, 9.17) is 9.47 Å². The molecule has 0 radical (unpaired) electrons. The van der Waals surface area contributed by atoms with E-state index in [0.29, 0.717) is 24.5 Å². The van der Waals surface area contributed by atoms with Crippen molar-refractivity contribution < 1.29 is 34.4 Å². The van der Waals surface area contributed by atoms with E-state index in [2.05, 4.69) is 15.3 Å². The Morgan fingerprint density at radius 3 is 2.76 bits per heavy atom. The smallest absolute Gasteiger partial charge is 0.342 e. The van der Waals surface area contributed by atoms with Gasteiger partial charge in [-0.1, -0.05) is 25.2 Å². The molecule has 1 aliphatic heterocycles. The Morgan fingerprint density at radius 1 is 1.19 bits per heavy atom. The minimum atomic E-state index is -1.58. The summed E-state index contributed by atoms with van der Waals surface area (Å²) in [5.74, 6) is -0.746. The van der Waals surface area contributed by atoms with Gasteiger partial charge in [-0.3, -0.25) is 4.79 Å². The molecule has 0 unspecified atom stereocenters. The number of ketones is 1. The summed E-state index contributed by atoms with van der Waals surface area (Å²) >= 11 is 0. The molecule has 2 aromatic rings. The van der Waals surface area contributed by atoms with Gasteiger partial charge in [-0.25, -0.2) is 9.78 Å². The number of cyclic esters (lactones) is 1. The zero-order chi connectivity index (χ0) is 26.8. The van der Waals surface area contributed by atoms with Crippen LogP contribution in [0.1, 0.15) is 54.9 Å². The molecule has 0 amide bonds. The molecule has 4 atom stereocenters. The molecule has 10 heteroatoms. The van der Waals surface area contributed by atoms with Crippen molar-refractivity contribution in [2.24, 2.45) is 5.92 Å². The number of benzene rings is 1. The van der Waals surface area contributed by atoms with Crippen LogP contribution >= 0.6 is 0 Å². The average molecular weight is 514 g/mol. The molecule has 0 saturated carbocycles. The van der Waals surface area contributed by atoms with E-state index in [1.165, 1.54) is 30.4 Å². The summed E-state index contributed by atoms with van der Waals surface area (Å²) in [6.07, 6.45) is 7.29. The molecular formula is C27H35N3O7. The Labute approximate surface area is 216 Å². The number of aromatic amines is 1. The molecule has 0 bridgehead atoms. The molecule has 5 N–H and O–H groups in total. The number of hydrogen-bond donors (Lipinski definition) is 5. The highest BCUT2D eigenvalue weighted by molar-refractivity contribution is 5.97. The van der Waals surface area contributed by atoms with Crippen LogP contribution in [0.2, 0.25) is 0 Å². The summed E-state index contributed by atoms with van der Waals surface area (Å²) in [6, 6.07) is 2.98. The molecule has 10 nitrogen and oxygen atoms in total. The van der Waals surface area contributed by atoms with Crippen LogP contribution in [0.3, 0.4) is 0 Å². The minimum absolute atomic E-state index is 0.0306. The Bertz CT molecular complexity index is 1100. The third-order valence-electron chi connectivity index (χ3n) is 6.12. The highest BCUT2D eigenvalue weighted by Gasteiger charge is 2.25. The molecule has 0 saturated heterocycles. The van der Waals surface area contributed by atoms with Gasteiger partial charge in [-0.05, 0) is 50.4 Å². The van der Waals surface area contributed by atoms with Crippen LogP contribution in [-0.2, 0) is 16.1 Å². The molecular weight excluding hydrogens is 478 g/mol. The van der Waals surface area contributed by atoms with Crippen molar-refractivity contribution in [3.8, 4) is 11.5 Å². The lowest BCUT2D eigenvalue weighted by atomic mass is 9.99. The summed E-state index contributed by atoms with van der Waals surface area (Å²) in [5.41, 5.74) is 0.303. The van der Waals surface area contributed by atoms with Gasteiger partial charge >= 0.3 is 5.97 Å². The molecule has 37 heavy (non-hydrogen) atoms. The largest absolute Gasteiger partial charge is 0.507 e. The van der Waals surface area contributed by atoms with Crippen molar-refractivity contribution >= 4 is 17.8 Å². The summed E-state index contributed by atoms with van der Waals surface area (Å²) in [5, 5.41) is 34.3. The third-order valence-corrected chi connectivity index (χ3v) is 6.12. The zero-order valence-corrected chi connectivity index (χ0v) is 21.1. The first-order valence-corrected chi connectivity index (χ1v) is 12.4. The van der Waals surface area contributed by atoms with Gasteiger partial charge in [0, 0.05) is 24.4 Å². The summed E-state index contributed by atoms with van der Waals surface area (Å²) in [4.78, 5) is 32.3. The lowest BCUT2D eigenvalue weighted by Crippen LogP contribution is -2.32. The van der Waals surface area contributed by atoms with Gasteiger partial charge in [0.05, 0.1) is 19.3 Å². The van der Waals surface area contributed by atoms with Crippen molar-refractivity contribution in [1.82, 2.24) is 15.3 Å². The van der Waals surface area contributed by atoms with Crippen molar-refractivity contribution in [1.29, 1.82) is 0 Å². The number of esters is 1. The number of unbranched alkanes of at least 4 members (excludes halogenated alkanes) is 1. The van der Waals surface area contributed by atoms with E-state index in [1.54, 1.807) is 32.3 Å². The number of phenols is 1. The number of aliphatic hydroxyl groups is 2. The zero-order valence-electron chi connectivity index (χ0n) is 21.1. The molecule has 0 fully saturated rings. The van der Waals surface area contributed by atoms with E-state index in [0.717, 1.165) is 25.2 Å². The number of ether oxygens (including phenoxy) is 2. The lowest BCUT2D eigenvalue weighted by molar-refractivity contribution is -0.127. The maximum atomic E-state index is 12.9. The first-order chi connectivity index (χ1) is 17.8. The number of phenolic OH excluding ortho intramolecular Hbond substituents is 1. The number of nitrogens with one attached hydrogen (secondary N) is 2. The van der Waals surface area contributed by atoms with Crippen LogP contribution in [0, 0.1) is 5.92 Å². The van der Waals surface area contributed by atoms with E-state index in [1.807, 2.05) is 0 Å². The first kappa shape index (κ1) is 28.1. The van der Waals surface area contributed by atoms with Crippen molar-refractivity contribution in [3.05, 3.63) is 59.7 Å². The first-order valence-electron chi connectivity index (χ1n) is 12.4. The summed E-state index contributed by atoms with van der Waals surface area (Å²) in [7, 11) is 0. The number of aromatic nitrogens is 2. The van der Waals surface area contributed by atoms with E-state index in [-0.39, 0.29) is 23.7 Å². The van der Waals surface area contributed by atoms with Gasteiger partial charge in [0.2, 0.25) is 0 Å². The molecule has 1 aliphatic rings. The number of H-pyrrole nitrogens is 1. The van der Waals surface area contributed by atoms with Gasteiger partial charge in [0.1, 0.15) is 35.1 Å². The Morgan fingerprint density at radius 2 is 2.00 bits per heavy atom. The van der Waals surface area contributed by atoms with Crippen LogP contribution in [0.15, 0.2) is 42.8 Å². The number of nitrogens with zero attached hydrogens (tertiary/aromatic N) is 1. The van der Waals surface area contributed by atoms with Gasteiger partial charge in [-0.2, -0.15) is 0 Å². The van der Waals surface area contributed by atoms with Crippen LogP contribution < -0.4 is 10.1 Å². The Kier molecular flexibility index (Phi) is 10.4. The number of hydrogen-bond acceptors (Lipinski definition) is 9. The fourth-order valence-electron chi connectivity index (χ4n) is 3.69. The number of carbonyl (C=O) groups is 2. The van der Waals surface area contributed by atoms with E-state index >= 15 is 0 Å². The van der Waals surface area contributed by atoms with Crippen molar-refractivity contribution in [2.45, 2.75) is 58.0 Å². The SMILES string of the molecule is C[C@@H]1/C=C\C(=O)[C@@H](O)[C@@H](O)C/C=C/c2cc(OCCCCNCc3ncc[nH]3)cc(O)c2C(=O)O[C@H]1C. The monoisotopic (exact) mass is 513 g/mol. The van der Waals surface area contributed by atoms with Crippen LogP contribution in [-0.4, -0.2) is 68.5 Å². The fourth-order valence-corrected chi connectivity index (χ4v) is 3.69. The van der Waals surface area contributed by atoms with Crippen molar-refractivity contribution in [2.75, 3.05) is 13.2 Å².